The van der Waals surface area contributed by atoms with Crippen molar-refractivity contribution in [2.75, 3.05) is 26.2 Å². The summed E-state index contributed by atoms with van der Waals surface area (Å²) in [4.78, 5) is 26.7. The number of aliphatic carboxylic acids is 1. The predicted octanol–water partition coefficient (Wildman–Crippen LogP) is 0.548. The number of carboxylic acid groups (broad SMARTS) is 1. The molecule has 17 heavy (non-hydrogen) atoms. The molecular weight excluding hydrogens is 220 g/mol. The topological polar surface area (TPSA) is 60.9 Å². The number of likely N-dealkylation sites (tertiary alicyclic amines) is 2. The third-order valence-electron chi connectivity index (χ3n) is 3.67. The van der Waals surface area contributed by atoms with Crippen LogP contribution in [0, 0.1) is 0 Å². The molecule has 1 amide bonds. The van der Waals surface area contributed by atoms with E-state index in [9.17, 15) is 9.59 Å². The summed E-state index contributed by atoms with van der Waals surface area (Å²) >= 11 is 0. The van der Waals surface area contributed by atoms with Gasteiger partial charge in [-0.25, -0.2) is 4.79 Å². The van der Waals surface area contributed by atoms with E-state index >= 15 is 0 Å². The lowest BCUT2D eigenvalue weighted by molar-refractivity contribution is -0.148. The van der Waals surface area contributed by atoms with Crippen molar-refractivity contribution >= 4 is 11.9 Å². The number of nitrogens with zero attached hydrogens (tertiary/aromatic N) is 2. The molecule has 0 saturated carbocycles. The molecule has 2 fully saturated rings. The van der Waals surface area contributed by atoms with Crippen LogP contribution in [0.25, 0.3) is 0 Å². The first-order chi connectivity index (χ1) is 8.18. The second-order valence-corrected chi connectivity index (χ2v) is 4.92. The lowest BCUT2D eigenvalue weighted by Crippen LogP contribution is -2.46. The van der Waals surface area contributed by atoms with Gasteiger partial charge in [-0.05, 0) is 38.8 Å². The summed E-state index contributed by atoms with van der Waals surface area (Å²) in [5, 5.41) is 9.03. The van der Waals surface area contributed by atoms with Crippen LogP contribution in [-0.4, -0.2) is 59.0 Å². The largest absolute Gasteiger partial charge is 0.480 e. The fourth-order valence-electron chi connectivity index (χ4n) is 2.72. The summed E-state index contributed by atoms with van der Waals surface area (Å²) in [7, 11) is 0. The minimum absolute atomic E-state index is 0.0169. The smallest absolute Gasteiger partial charge is 0.326 e. The molecule has 0 aromatic carbocycles. The minimum Gasteiger partial charge on any atom is -0.480 e. The molecule has 5 heteroatoms. The summed E-state index contributed by atoms with van der Waals surface area (Å²) in [5.41, 5.74) is 0. The van der Waals surface area contributed by atoms with Gasteiger partial charge in [0.15, 0.2) is 0 Å². The molecule has 2 rings (SSSR count). The molecule has 0 aromatic rings. The van der Waals surface area contributed by atoms with E-state index < -0.39 is 12.0 Å². The number of amides is 1. The van der Waals surface area contributed by atoms with Crippen LogP contribution in [0.3, 0.4) is 0 Å². The lowest BCUT2D eigenvalue weighted by atomic mass is 10.1. The van der Waals surface area contributed by atoms with Crippen LogP contribution in [0.15, 0.2) is 0 Å². The molecule has 1 N–H and O–H groups in total. The van der Waals surface area contributed by atoms with Gasteiger partial charge in [-0.2, -0.15) is 0 Å². The first-order valence-electron chi connectivity index (χ1n) is 6.43. The number of hydrogen-bond donors (Lipinski definition) is 1. The standard InChI is InChI=1S/C12H20N2O3/c15-11(9-13-6-2-1-3-7-13)14-8-4-5-10(14)12(16)17/h10H,1-9H2,(H,16,17). The molecule has 2 aliphatic rings. The maximum absolute atomic E-state index is 12.0. The van der Waals surface area contributed by atoms with E-state index in [1.165, 1.54) is 11.3 Å². The van der Waals surface area contributed by atoms with Crippen molar-refractivity contribution in [3.05, 3.63) is 0 Å². The molecular formula is C12H20N2O3. The van der Waals surface area contributed by atoms with Crippen LogP contribution < -0.4 is 0 Å². The minimum atomic E-state index is -0.866. The van der Waals surface area contributed by atoms with Crippen LogP contribution in [0.2, 0.25) is 0 Å². The monoisotopic (exact) mass is 240 g/mol. The van der Waals surface area contributed by atoms with Crippen LogP contribution in [0.4, 0.5) is 0 Å². The molecule has 2 heterocycles. The van der Waals surface area contributed by atoms with Gasteiger partial charge in [0.1, 0.15) is 6.04 Å². The van der Waals surface area contributed by atoms with E-state index in [1.807, 2.05) is 0 Å². The van der Waals surface area contributed by atoms with E-state index in [2.05, 4.69) is 4.90 Å². The van der Waals surface area contributed by atoms with Gasteiger partial charge >= 0.3 is 5.97 Å². The van der Waals surface area contributed by atoms with Crippen LogP contribution in [-0.2, 0) is 9.59 Å². The lowest BCUT2D eigenvalue weighted by Gasteiger charge is -2.29. The molecule has 0 aliphatic carbocycles. The highest BCUT2D eigenvalue weighted by atomic mass is 16.4. The van der Waals surface area contributed by atoms with E-state index in [4.69, 9.17) is 5.11 Å². The number of carbonyl (C=O) groups is 2. The molecule has 0 bridgehead atoms. The van der Waals surface area contributed by atoms with Gasteiger partial charge in [-0.15, -0.1) is 0 Å². The summed E-state index contributed by atoms with van der Waals surface area (Å²) in [6.07, 6.45) is 4.95. The Morgan fingerprint density at radius 3 is 2.41 bits per heavy atom. The van der Waals surface area contributed by atoms with Gasteiger partial charge in [-0.1, -0.05) is 6.42 Å². The summed E-state index contributed by atoms with van der Waals surface area (Å²) in [6, 6.07) is -0.590. The molecule has 2 aliphatic heterocycles. The van der Waals surface area contributed by atoms with Crippen molar-refractivity contribution in [1.29, 1.82) is 0 Å². The number of rotatable bonds is 3. The van der Waals surface area contributed by atoms with Crippen molar-refractivity contribution in [2.45, 2.75) is 38.1 Å². The zero-order valence-corrected chi connectivity index (χ0v) is 10.1. The number of piperidine rings is 1. The SMILES string of the molecule is O=C(O)C1CCCN1C(=O)CN1CCCCC1. The Bertz CT molecular complexity index is 300. The highest BCUT2D eigenvalue weighted by Crippen LogP contribution is 2.18. The van der Waals surface area contributed by atoms with Gasteiger partial charge in [0.25, 0.3) is 0 Å². The van der Waals surface area contributed by atoms with Crippen molar-refractivity contribution in [1.82, 2.24) is 9.80 Å². The fourth-order valence-corrected chi connectivity index (χ4v) is 2.72. The van der Waals surface area contributed by atoms with Crippen LogP contribution in [0.1, 0.15) is 32.1 Å². The van der Waals surface area contributed by atoms with Gasteiger partial charge in [0.2, 0.25) is 5.91 Å². The van der Waals surface area contributed by atoms with Crippen molar-refractivity contribution in [3.63, 3.8) is 0 Å². The maximum Gasteiger partial charge on any atom is 0.326 e. The number of hydrogen-bond acceptors (Lipinski definition) is 3. The average Bonchev–Trinajstić information content (AvgIpc) is 2.79. The fraction of sp³-hybridized carbons (Fsp3) is 0.833. The van der Waals surface area contributed by atoms with Crippen molar-refractivity contribution < 1.29 is 14.7 Å². The van der Waals surface area contributed by atoms with E-state index in [0.29, 0.717) is 19.5 Å². The quantitative estimate of drug-likeness (QED) is 0.782. The second-order valence-electron chi connectivity index (χ2n) is 4.92. The Morgan fingerprint density at radius 2 is 1.76 bits per heavy atom. The molecule has 1 atom stereocenters. The molecule has 0 aromatic heterocycles. The molecule has 0 spiro atoms. The Hall–Kier alpha value is -1.10. The summed E-state index contributed by atoms with van der Waals surface area (Å²) in [6.45, 7) is 2.93. The third-order valence-corrected chi connectivity index (χ3v) is 3.67. The maximum atomic E-state index is 12.0. The Morgan fingerprint density at radius 1 is 1.06 bits per heavy atom. The van der Waals surface area contributed by atoms with E-state index in [1.54, 1.807) is 0 Å². The van der Waals surface area contributed by atoms with Crippen LogP contribution >= 0.6 is 0 Å². The van der Waals surface area contributed by atoms with E-state index in [0.717, 1.165) is 32.4 Å². The van der Waals surface area contributed by atoms with Gasteiger partial charge in [0, 0.05) is 6.54 Å². The van der Waals surface area contributed by atoms with Crippen molar-refractivity contribution in [2.24, 2.45) is 0 Å². The molecule has 96 valence electrons. The average molecular weight is 240 g/mol. The molecule has 2 saturated heterocycles. The van der Waals surface area contributed by atoms with Gasteiger partial charge in [-0.3, -0.25) is 9.69 Å². The number of carbonyl (C=O) groups excluding carboxylic acids is 1. The highest BCUT2D eigenvalue weighted by Gasteiger charge is 2.34. The van der Waals surface area contributed by atoms with Crippen LogP contribution in [0.5, 0.6) is 0 Å². The Balaban J connectivity index is 1.88. The second kappa shape index (κ2) is 5.49. The Labute approximate surface area is 101 Å². The molecule has 5 nitrogen and oxygen atoms in total. The molecule has 0 radical (unpaired) electrons. The van der Waals surface area contributed by atoms with E-state index in [-0.39, 0.29) is 5.91 Å². The summed E-state index contributed by atoms with van der Waals surface area (Å²) < 4.78 is 0. The normalized spacial score (nSPS) is 26.1. The predicted molar refractivity (Wildman–Crippen MR) is 62.7 cm³/mol. The van der Waals surface area contributed by atoms with Gasteiger partial charge in [0.05, 0.1) is 6.54 Å². The zero-order chi connectivity index (χ0) is 12.3. The molecule has 1 unspecified atom stereocenters. The highest BCUT2D eigenvalue weighted by molar-refractivity contribution is 5.85. The number of carboxylic acids is 1. The summed E-state index contributed by atoms with van der Waals surface area (Å²) in [5.74, 6) is -0.883. The van der Waals surface area contributed by atoms with Crippen molar-refractivity contribution in [3.8, 4) is 0 Å². The van der Waals surface area contributed by atoms with Gasteiger partial charge < -0.3 is 10.0 Å². The first kappa shape index (κ1) is 12.4. The first-order valence-corrected chi connectivity index (χ1v) is 6.43. The zero-order valence-electron chi connectivity index (χ0n) is 10.1. The Kier molecular flexibility index (Phi) is 3.99. The third kappa shape index (κ3) is 2.97.